The summed E-state index contributed by atoms with van der Waals surface area (Å²) in [7, 11) is -5.86. The Labute approximate surface area is 183 Å². The van der Waals surface area contributed by atoms with Crippen LogP contribution in [0.2, 0.25) is 0 Å². The second kappa shape index (κ2) is 6.94. The first-order chi connectivity index (χ1) is 14.8. The maximum Gasteiger partial charge on any atom is 0.534 e. The molecule has 0 heterocycles. The number of fused-ring (bicyclic) bond motifs is 3. The van der Waals surface area contributed by atoms with Gasteiger partial charge in [-0.1, -0.05) is 26.8 Å². The number of benzene rings is 2. The lowest BCUT2D eigenvalue weighted by Gasteiger charge is -2.35. The van der Waals surface area contributed by atoms with Gasteiger partial charge in [-0.25, -0.2) is 0 Å². The highest BCUT2D eigenvalue weighted by molar-refractivity contribution is 7.88. The van der Waals surface area contributed by atoms with Crippen LogP contribution in [-0.4, -0.2) is 19.7 Å². The molecule has 0 spiro atoms. The van der Waals surface area contributed by atoms with Crippen molar-refractivity contribution in [1.82, 2.24) is 0 Å². The van der Waals surface area contributed by atoms with E-state index in [9.17, 15) is 31.6 Å². The zero-order valence-corrected chi connectivity index (χ0v) is 18.2. The van der Waals surface area contributed by atoms with Gasteiger partial charge in [-0.15, -0.1) is 0 Å². The van der Waals surface area contributed by atoms with Gasteiger partial charge in [0.05, 0.1) is 11.6 Å². The van der Waals surface area contributed by atoms with E-state index in [1.54, 1.807) is 25.1 Å². The number of hydrogen-bond acceptors (Lipinski definition) is 5. The molecule has 0 unspecified atom stereocenters. The molecular formula is C23H18F3NO4S. The van der Waals surface area contributed by atoms with Gasteiger partial charge in [-0.05, 0) is 64.9 Å². The number of nitriles is 1. The third-order valence-electron chi connectivity index (χ3n) is 6.14. The van der Waals surface area contributed by atoms with E-state index in [0.717, 1.165) is 16.7 Å². The summed E-state index contributed by atoms with van der Waals surface area (Å²) < 4.78 is 66.4. The number of rotatable bonds is 3. The van der Waals surface area contributed by atoms with Gasteiger partial charge in [-0.3, -0.25) is 4.79 Å². The van der Waals surface area contributed by atoms with Gasteiger partial charge >= 0.3 is 15.6 Å². The van der Waals surface area contributed by atoms with Gasteiger partial charge in [0.2, 0.25) is 0 Å². The van der Waals surface area contributed by atoms with Crippen molar-refractivity contribution in [2.24, 2.45) is 0 Å². The topological polar surface area (TPSA) is 84.2 Å². The van der Waals surface area contributed by atoms with Crippen LogP contribution in [0, 0.1) is 11.3 Å². The minimum absolute atomic E-state index is 0.164. The van der Waals surface area contributed by atoms with E-state index >= 15 is 0 Å². The van der Waals surface area contributed by atoms with E-state index in [2.05, 4.69) is 10.3 Å². The monoisotopic (exact) mass is 461 g/mol. The quantitative estimate of drug-likeness (QED) is 0.483. The van der Waals surface area contributed by atoms with Gasteiger partial charge in [-0.2, -0.15) is 26.9 Å². The number of carbonyl (C=O) groups is 1. The average Bonchev–Trinajstić information content (AvgIpc) is 3.10. The molecule has 0 saturated heterocycles. The molecule has 0 saturated carbocycles. The first-order valence-electron chi connectivity index (χ1n) is 9.81. The molecular weight excluding hydrogens is 443 g/mol. The summed E-state index contributed by atoms with van der Waals surface area (Å²) in [6.45, 7) is 5.29. The summed E-state index contributed by atoms with van der Waals surface area (Å²) >= 11 is 0. The summed E-state index contributed by atoms with van der Waals surface area (Å²) in [5, 5.41) is 9.19. The number of halogens is 3. The van der Waals surface area contributed by atoms with E-state index in [4.69, 9.17) is 0 Å². The SMILES string of the molecule is CCc1cc2c(cc1OS(=O)(=O)C(F)(F)F)C(C)(C)C1=C(C2=O)c2ccc(C#N)cc2C1. The fraction of sp³-hybridized carbons (Fsp3) is 0.304. The minimum atomic E-state index is -5.86. The number of carbonyl (C=O) groups excluding carboxylic acids is 1. The Morgan fingerprint density at radius 3 is 2.44 bits per heavy atom. The maximum absolute atomic E-state index is 13.5. The number of aryl methyl sites for hydroxylation is 1. The highest BCUT2D eigenvalue weighted by Crippen LogP contribution is 2.51. The molecule has 32 heavy (non-hydrogen) atoms. The highest BCUT2D eigenvalue weighted by Gasteiger charge is 2.49. The van der Waals surface area contributed by atoms with Crippen molar-refractivity contribution in [3.63, 3.8) is 0 Å². The molecule has 4 rings (SSSR count). The lowest BCUT2D eigenvalue weighted by atomic mass is 9.68. The Bertz CT molecular complexity index is 1360. The summed E-state index contributed by atoms with van der Waals surface area (Å²) in [6, 6.07) is 9.84. The first-order valence-corrected chi connectivity index (χ1v) is 11.2. The van der Waals surface area contributed by atoms with Crippen molar-refractivity contribution in [2.45, 2.75) is 44.5 Å². The molecule has 0 aliphatic heterocycles. The van der Waals surface area contributed by atoms with Gasteiger partial charge in [0.1, 0.15) is 5.75 Å². The molecule has 0 N–H and O–H groups in total. The van der Waals surface area contributed by atoms with Crippen LogP contribution in [0.4, 0.5) is 13.2 Å². The summed E-state index contributed by atoms with van der Waals surface area (Å²) in [5.74, 6) is -0.714. The van der Waals surface area contributed by atoms with Crippen LogP contribution >= 0.6 is 0 Å². The van der Waals surface area contributed by atoms with Crippen molar-refractivity contribution < 1.29 is 30.6 Å². The Hall–Kier alpha value is -3.12. The van der Waals surface area contributed by atoms with Crippen LogP contribution in [-0.2, 0) is 28.4 Å². The zero-order valence-electron chi connectivity index (χ0n) is 17.4. The zero-order chi connectivity index (χ0) is 23.6. The predicted octanol–water partition coefficient (Wildman–Crippen LogP) is 4.83. The Balaban J connectivity index is 1.88. The highest BCUT2D eigenvalue weighted by atomic mass is 32.2. The van der Waals surface area contributed by atoms with Crippen molar-refractivity contribution >= 4 is 21.5 Å². The van der Waals surface area contributed by atoms with Crippen LogP contribution in [0.1, 0.15) is 58.9 Å². The van der Waals surface area contributed by atoms with Gasteiger partial charge in [0.25, 0.3) is 0 Å². The van der Waals surface area contributed by atoms with E-state index in [0.29, 0.717) is 28.7 Å². The third kappa shape index (κ3) is 3.13. The van der Waals surface area contributed by atoms with Crippen LogP contribution in [0.15, 0.2) is 35.9 Å². The Morgan fingerprint density at radius 1 is 1.16 bits per heavy atom. The first kappa shape index (κ1) is 22.1. The second-order valence-electron chi connectivity index (χ2n) is 8.31. The number of nitrogens with zero attached hydrogens (tertiary/aromatic N) is 1. The largest absolute Gasteiger partial charge is 0.534 e. The summed E-state index contributed by atoms with van der Waals surface area (Å²) in [5.41, 5.74) is -2.13. The van der Waals surface area contributed by atoms with E-state index < -0.39 is 26.8 Å². The van der Waals surface area contributed by atoms with Crippen molar-refractivity contribution in [2.75, 3.05) is 0 Å². The minimum Gasteiger partial charge on any atom is -0.376 e. The summed E-state index contributed by atoms with van der Waals surface area (Å²) in [4.78, 5) is 13.5. The van der Waals surface area contributed by atoms with Crippen molar-refractivity contribution in [3.8, 4) is 11.8 Å². The molecule has 0 aromatic heterocycles. The Kier molecular flexibility index (Phi) is 4.79. The molecule has 2 aliphatic carbocycles. The van der Waals surface area contributed by atoms with E-state index in [1.165, 1.54) is 12.1 Å². The molecule has 0 radical (unpaired) electrons. The molecule has 9 heteroatoms. The smallest absolute Gasteiger partial charge is 0.376 e. The van der Waals surface area contributed by atoms with Crippen LogP contribution in [0.5, 0.6) is 5.75 Å². The molecule has 2 aromatic rings. The molecule has 0 atom stereocenters. The van der Waals surface area contributed by atoms with E-state index in [1.807, 2.05) is 13.8 Å². The van der Waals surface area contributed by atoms with Crippen molar-refractivity contribution in [3.05, 3.63) is 69.3 Å². The average molecular weight is 461 g/mol. The number of allylic oxidation sites excluding steroid dienone is 2. The van der Waals surface area contributed by atoms with Crippen LogP contribution in [0.3, 0.4) is 0 Å². The molecule has 0 bridgehead atoms. The molecule has 0 fully saturated rings. The predicted molar refractivity (Wildman–Crippen MR) is 111 cm³/mol. The molecule has 2 aromatic carbocycles. The molecule has 5 nitrogen and oxygen atoms in total. The lowest BCUT2D eigenvalue weighted by molar-refractivity contribution is -0.0500. The molecule has 2 aliphatic rings. The van der Waals surface area contributed by atoms with Gasteiger partial charge in [0.15, 0.2) is 5.78 Å². The second-order valence-corrected chi connectivity index (χ2v) is 9.85. The molecule has 0 amide bonds. The molecule has 166 valence electrons. The Morgan fingerprint density at radius 2 is 1.84 bits per heavy atom. The fourth-order valence-electron chi connectivity index (χ4n) is 4.43. The lowest BCUT2D eigenvalue weighted by Crippen LogP contribution is -2.31. The maximum atomic E-state index is 13.5. The number of alkyl halides is 3. The van der Waals surface area contributed by atoms with Gasteiger partial charge in [0, 0.05) is 16.6 Å². The summed E-state index contributed by atoms with van der Waals surface area (Å²) in [6.07, 6.45) is 0.572. The standard InChI is InChI=1S/C23H18F3NO4S/c1-4-13-8-16-17(10-19(13)31-32(29,30)23(24,25)26)22(2,3)18-9-14-7-12(11-27)5-6-15(14)20(18)21(16)28/h5-8,10H,4,9H2,1-3H3. The third-order valence-corrected chi connectivity index (χ3v) is 7.10. The number of hydrogen-bond donors (Lipinski definition) is 0. The number of ketones is 1. The van der Waals surface area contributed by atoms with Crippen molar-refractivity contribution in [1.29, 1.82) is 5.26 Å². The van der Waals surface area contributed by atoms with E-state index in [-0.39, 0.29) is 17.8 Å². The van der Waals surface area contributed by atoms with Crippen LogP contribution in [0.25, 0.3) is 5.57 Å². The van der Waals surface area contributed by atoms with Gasteiger partial charge < -0.3 is 4.18 Å². The number of Topliss-reactive ketones (excluding diaryl/α,β-unsaturated/α-hetero) is 1. The van der Waals surface area contributed by atoms with Crippen LogP contribution < -0.4 is 4.18 Å². The normalized spacial score (nSPS) is 16.8. The fourth-order valence-corrected chi connectivity index (χ4v) is 4.92.